The molecule has 0 fully saturated rings. The molecule has 46 heavy (non-hydrogen) atoms. The molecule has 2 heterocycles. The van der Waals surface area contributed by atoms with E-state index in [1.807, 2.05) is 54.6 Å². The molecule has 2 aliphatic rings. The van der Waals surface area contributed by atoms with Gasteiger partial charge in [0.2, 0.25) is 0 Å². The molecule has 0 saturated carbocycles. The van der Waals surface area contributed by atoms with Gasteiger partial charge in [0.25, 0.3) is 0 Å². The van der Waals surface area contributed by atoms with Crippen LogP contribution in [0.2, 0.25) is 0 Å². The molecule has 0 atom stereocenters. The van der Waals surface area contributed by atoms with E-state index in [-0.39, 0.29) is 0 Å². The summed E-state index contributed by atoms with van der Waals surface area (Å²) in [6, 6.07) is 50.5. The number of anilines is 2. The van der Waals surface area contributed by atoms with E-state index in [9.17, 15) is 0 Å². The Kier molecular flexibility index (Phi) is 6.11. The van der Waals surface area contributed by atoms with Crippen molar-refractivity contribution in [3.8, 4) is 56.4 Å². The fourth-order valence-electron chi connectivity index (χ4n) is 6.65. The van der Waals surface area contributed by atoms with Gasteiger partial charge in [0.1, 0.15) is 0 Å². The molecular weight excluding hydrogens is 630 g/mol. The minimum atomic E-state index is -0.521. The topological polar surface area (TPSA) is 62.7 Å². The van der Waals surface area contributed by atoms with E-state index < -0.39 is 5.66 Å². The molecule has 2 N–H and O–H groups in total. The summed E-state index contributed by atoms with van der Waals surface area (Å²) in [5.41, 5.74) is 11.7. The van der Waals surface area contributed by atoms with Gasteiger partial charge in [-0.05, 0) is 52.6 Å². The van der Waals surface area contributed by atoms with Crippen molar-refractivity contribution in [2.45, 2.75) is 5.66 Å². The summed E-state index contributed by atoms with van der Waals surface area (Å²) in [5.74, 6) is 1.91. The molecule has 1 aliphatic carbocycles. The smallest absolute Gasteiger partial charge is 0.164 e. The van der Waals surface area contributed by atoms with Gasteiger partial charge in [-0.3, -0.25) is 0 Å². The Labute approximate surface area is 275 Å². The first-order valence-electron chi connectivity index (χ1n) is 15.2. The van der Waals surface area contributed by atoms with Crippen molar-refractivity contribution in [3.05, 3.63) is 161 Å². The highest BCUT2D eigenvalue weighted by Gasteiger charge is 2.47. The van der Waals surface area contributed by atoms with Crippen molar-refractivity contribution >= 4 is 27.3 Å². The van der Waals surface area contributed by atoms with E-state index in [0.29, 0.717) is 17.5 Å². The van der Waals surface area contributed by atoms with E-state index in [0.717, 1.165) is 43.7 Å². The van der Waals surface area contributed by atoms with E-state index >= 15 is 0 Å². The second-order valence-corrected chi connectivity index (χ2v) is 12.5. The molecular formula is C40H26BrN5. The Morgan fingerprint density at radius 3 is 1.67 bits per heavy atom. The Balaban J connectivity index is 1.11. The Morgan fingerprint density at radius 1 is 0.413 bits per heavy atom. The molecule has 7 aromatic rings. The number of nitrogens with zero attached hydrogens (tertiary/aromatic N) is 3. The molecule has 0 amide bonds. The minimum Gasteiger partial charge on any atom is -0.354 e. The van der Waals surface area contributed by atoms with Crippen LogP contribution >= 0.6 is 15.9 Å². The molecule has 0 saturated heterocycles. The molecule has 1 aliphatic heterocycles. The summed E-state index contributed by atoms with van der Waals surface area (Å²) in [6.07, 6.45) is 0. The van der Waals surface area contributed by atoms with Crippen LogP contribution in [0.15, 0.2) is 150 Å². The maximum absolute atomic E-state index is 4.92. The number of hydrogen-bond donors (Lipinski definition) is 2. The number of halogens is 1. The lowest BCUT2D eigenvalue weighted by Crippen LogP contribution is -2.37. The van der Waals surface area contributed by atoms with Gasteiger partial charge in [-0.2, -0.15) is 0 Å². The van der Waals surface area contributed by atoms with Crippen molar-refractivity contribution in [1.82, 2.24) is 15.0 Å². The van der Waals surface area contributed by atoms with Crippen LogP contribution in [0.5, 0.6) is 0 Å². The van der Waals surface area contributed by atoms with Gasteiger partial charge in [-0.1, -0.05) is 131 Å². The number of fused-ring (bicyclic) bond motifs is 6. The van der Waals surface area contributed by atoms with Crippen molar-refractivity contribution < 1.29 is 0 Å². The third kappa shape index (κ3) is 4.33. The molecule has 5 nitrogen and oxygen atoms in total. The van der Waals surface area contributed by atoms with E-state index in [2.05, 4.69) is 118 Å². The molecule has 0 bridgehead atoms. The zero-order valence-electron chi connectivity index (χ0n) is 24.6. The van der Waals surface area contributed by atoms with Gasteiger partial charge >= 0.3 is 0 Å². The van der Waals surface area contributed by atoms with Crippen LogP contribution in [0.25, 0.3) is 56.4 Å². The predicted octanol–water partition coefficient (Wildman–Crippen LogP) is 10.0. The monoisotopic (exact) mass is 655 g/mol. The van der Waals surface area contributed by atoms with Crippen molar-refractivity contribution in [3.63, 3.8) is 0 Å². The summed E-state index contributed by atoms with van der Waals surface area (Å²) >= 11 is 3.59. The van der Waals surface area contributed by atoms with Crippen LogP contribution in [0.4, 0.5) is 11.4 Å². The fourth-order valence-corrected chi connectivity index (χ4v) is 7.05. The number of rotatable bonds is 4. The lowest BCUT2D eigenvalue weighted by molar-refractivity contribution is 0.726. The van der Waals surface area contributed by atoms with E-state index in [1.165, 1.54) is 22.3 Å². The number of para-hydroxylation sites is 2. The molecule has 1 spiro atoms. The van der Waals surface area contributed by atoms with Crippen LogP contribution in [-0.2, 0) is 5.66 Å². The highest BCUT2D eigenvalue weighted by atomic mass is 79.9. The zero-order valence-corrected chi connectivity index (χ0v) is 26.2. The minimum absolute atomic E-state index is 0.521. The van der Waals surface area contributed by atoms with Crippen LogP contribution in [0.3, 0.4) is 0 Å². The van der Waals surface area contributed by atoms with Gasteiger partial charge in [0.15, 0.2) is 23.1 Å². The Morgan fingerprint density at radius 2 is 0.957 bits per heavy atom. The summed E-state index contributed by atoms with van der Waals surface area (Å²) in [4.78, 5) is 14.7. The number of hydrogen-bond acceptors (Lipinski definition) is 5. The fraction of sp³-hybridized carbons (Fsp3) is 0.0250. The predicted molar refractivity (Wildman–Crippen MR) is 189 cm³/mol. The van der Waals surface area contributed by atoms with E-state index in [4.69, 9.17) is 15.0 Å². The second kappa shape index (κ2) is 10.5. The normalized spacial score (nSPS) is 13.4. The Hall–Kier alpha value is -5.59. The quantitative estimate of drug-likeness (QED) is 0.198. The number of nitrogens with one attached hydrogen (secondary N) is 2. The van der Waals surface area contributed by atoms with Gasteiger partial charge in [-0.15, -0.1) is 0 Å². The SMILES string of the molecule is Brc1cccc(-c2nc(-c3ccccc3)nc(-c3ccc(-c4ccc5c(c4)C4(Nc6ccccc6N4)c4ccccc4-5)cc3)n2)c1. The van der Waals surface area contributed by atoms with Crippen molar-refractivity contribution in [1.29, 1.82) is 0 Å². The van der Waals surface area contributed by atoms with Gasteiger partial charge < -0.3 is 10.6 Å². The summed E-state index contributed by atoms with van der Waals surface area (Å²) in [5, 5.41) is 7.67. The van der Waals surface area contributed by atoms with Gasteiger partial charge in [0.05, 0.1) is 11.4 Å². The third-order valence-electron chi connectivity index (χ3n) is 8.84. The zero-order chi connectivity index (χ0) is 30.7. The molecule has 218 valence electrons. The van der Waals surface area contributed by atoms with Crippen molar-refractivity contribution in [2.24, 2.45) is 0 Å². The average Bonchev–Trinajstić information content (AvgIpc) is 3.64. The lowest BCUT2D eigenvalue weighted by Gasteiger charge is -2.29. The van der Waals surface area contributed by atoms with Crippen LogP contribution in [0, 0.1) is 0 Å². The lowest BCUT2D eigenvalue weighted by atomic mass is 9.94. The molecule has 1 aromatic heterocycles. The first-order chi connectivity index (χ1) is 22.6. The molecule has 6 aromatic carbocycles. The van der Waals surface area contributed by atoms with Crippen molar-refractivity contribution in [2.75, 3.05) is 10.6 Å². The number of aromatic nitrogens is 3. The van der Waals surface area contributed by atoms with Crippen LogP contribution in [-0.4, -0.2) is 15.0 Å². The first-order valence-corrected chi connectivity index (χ1v) is 16.0. The van der Waals surface area contributed by atoms with Gasteiger partial charge in [0, 0.05) is 32.3 Å². The Bertz CT molecular complexity index is 2260. The third-order valence-corrected chi connectivity index (χ3v) is 9.34. The average molecular weight is 657 g/mol. The van der Waals surface area contributed by atoms with Gasteiger partial charge in [-0.25, -0.2) is 15.0 Å². The summed E-state index contributed by atoms with van der Waals surface area (Å²) in [7, 11) is 0. The highest BCUT2D eigenvalue weighted by molar-refractivity contribution is 9.10. The molecule has 0 unspecified atom stereocenters. The highest BCUT2D eigenvalue weighted by Crippen LogP contribution is 2.54. The van der Waals surface area contributed by atoms with Crippen LogP contribution < -0.4 is 10.6 Å². The maximum Gasteiger partial charge on any atom is 0.164 e. The largest absolute Gasteiger partial charge is 0.354 e. The van der Waals surface area contributed by atoms with E-state index in [1.54, 1.807) is 0 Å². The molecule has 6 heteroatoms. The number of benzene rings is 6. The standard InChI is InChI=1S/C40H26BrN5/c41-30-12-8-11-29(23-30)39-43-37(26-9-2-1-3-10-26)42-38(44-39)27-19-17-25(18-20-27)28-21-22-32-31-13-4-5-14-33(31)40(34(32)24-28)45-35-15-6-7-16-36(35)46-40/h1-24,45-46H. The molecule has 9 rings (SSSR count). The second-order valence-electron chi connectivity index (χ2n) is 11.6. The summed E-state index contributed by atoms with van der Waals surface area (Å²) < 4.78 is 0.976. The first kappa shape index (κ1) is 26.8. The summed E-state index contributed by atoms with van der Waals surface area (Å²) in [6.45, 7) is 0. The molecule has 0 radical (unpaired) electrons. The van der Waals surface area contributed by atoms with Crippen LogP contribution in [0.1, 0.15) is 11.1 Å². The maximum atomic E-state index is 4.92.